The molecule has 3 aromatic rings. The minimum Gasteiger partial charge on any atom is -0.361 e. The number of pyridine rings is 1. The van der Waals surface area contributed by atoms with Crippen LogP contribution in [0.25, 0.3) is 10.8 Å². The second kappa shape index (κ2) is 8.27. The number of rotatable bonds is 5. The molecular weight excluding hydrogens is 447 g/mol. The van der Waals surface area contributed by atoms with Crippen molar-refractivity contribution in [3.63, 3.8) is 0 Å². The summed E-state index contributed by atoms with van der Waals surface area (Å²) < 4.78 is 70.4. The van der Waals surface area contributed by atoms with Gasteiger partial charge in [-0.25, -0.2) is 26.6 Å². The molecule has 2 unspecified atom stereocenters. The number of aromatic nitrogens is 3. The van der Waals surface area contributed by atoms with E-state index in [0.29, 0.717) is 0 Å². The minimum absolute atomic E-state index is 0.00927. The lowest BCUT2D eigenvalue weighted by Crippen LogP contribution is -2.28. The van der Waals surface area contributed by atoms with E-state index in [1.165, 1.54) is 32.3 Å². The summed E-state index contributed by atoms with van der Waals surface area (Å²) in [5, 5.41) is 7.24. The number of anilines is 1. The predicted molar refractivity (Wildman–Crippen MR) is 112 cm³/mol. The van der Waals surface area contributed by atoms with E-state index in [2.05, 4.69) is 10.4 Å². The number of halogens is 5. The number of nitrogens with one attached hydrogen (secondary N) is 1. The molecule has 0 bridgehead atoms. The van der Waals surface area contributed by atoms with Gasteiger partial charge in [-0.3, -0.25) is 9.59 Å². The first-order valence-corrected chi connectivity index (χ1v) is 10.3. The Morgan fingerprint density at radius 1 is 1.18 bits per heavy atom. The summed E-state index contributed by atoms with van der Waals surface area (Å²) in [6, 6.07) is 3.14. The summed E-state index contributed by atoms with van der Waals surface area (Å²) in [5.41, 5.74) is -1.95. The molecule has 1 aliphatic carbocycles. The predicted octanol–water partition coefficient (Wildman–Crippen LogP) is 4.71. The molecule has 0 radical (unpaired) electrons. The van der Waals surface area contributed by atoms with Gasteiger partial charge in [-0.1, -0.05) is 18.2 Å². The first-order chi connectivity index (χ1) is 15.5. The number of hydrogen-bond acceptors (Lipinski definition) is 4. The Hall–Kier alpha value is -3.24. The molecule has 1 fully saturated rings. The molecule has 2 heterocycles. The standard InChI is InChI=1S/C22H21F5N4O2/c1-11(13-4-3-5-14(18(13)23)19(24)25)28-20-16-10-31(12-6-7-22(26,27)9-12)17(32)8-15(16)21(33)30(2)29-20/h3-5,8,10-12,19H,6-7,9H2,1-2H3,(H,28,29). The van der Waals surface area contributed by atoms with E-state index in [1.54, 1.807) is 0 Å². The van der Waals surface area contributed by atoms with Crippen molar-refractivity contribution < 1.29 is 22.0 Å². The van der Waals surface area contributed by atoms with Crippen molar-refractivity contribution >= 4 is 16.6 Å². The molecule has 6 nitrogen and oxygen atoms in total. The van der Waals surface area contributed by atoms with Gasteiger partial charge in [0.25, 0.3) is 17.5 Å². The molecule has 0 amide bonds. The number of benzene rings is 1. The highest BCUT2D eigenvalue weighted by atomic mass is 19.3. The zero-order valence-corrected chi connectivity index (χ0v) is 17.8. The second-order valence-electron chi connectivity index (χ2n) is 8.29. The van der Waals surface area contributed by atoms with Gasteiger partial charge in [0.15, 0.2) is 5.82 Å². The van der Waals surface area contributed by atoms with Gasteiger partial charge in [-0.05, 0) is 13.3 Å². The zero-order valence-electron chi connectivity index (χ0n) is 17.8. The topological polar surface area (TPSA) is 68.9 Å². The molecule has 0 spiro atoms. The zero-order chi connectivity index (χ0) is 24.1. The van der Waals surface area contributed by atoms with Crippen molar-refractivity contribution in [2.45, 2.75) is 50.6 Å². The Kier molecular flexibility index (Phi) is 5.75. The van der Waals surface area contributed by atoms with Crippen LogP contribution in [0, 0.1) is 5.82 Å². The van der Waals surface area contributed by atoms with Crippen LogP contribution in [-0.2, 0) is 7.05 Å². The van der Waals surface area contributed by atoms with E-state index < -0.39 is 53.4 Å². The molecule has 1 N–H and O–H groups in total. The summed E-state index contributed by atoms with van der Waals surface area (Å²) >= 11 is 0. The van der Waals surface area contributed by atoms with Gasteiger partial charge in [-0.15, -0.1) is 0 Å². The van der Waals surface area contributed by atoms with Gasteiger partial charge in [0.05, 0.1) is 17.0 Å². The molecule has 0 saturated heterocycles. The Morgan fingerprint density at radius 2 is 1.88 bits per heavy atom. The number of nitrogens with zero attached hydrogens (tertiary/aromatic N) is 3. The Bertz CT molecular complexity index is 1330. The summed E-state index contributed by atoms with van der Waals surface area (Å²) in [5.74, 6) is -3.86. The van der Waals surface area contributed by atoms with Crippen LogP contribution >= 0.6 is 0 Å². The second-order valence-corrected chi connectivity index (χ2v) is 8.29. The summed E-state index contributed by atoms with van der Waals surface area (Å²) in [4.78, 5) is 25.2. The van der Waals surface area contributed by atoms with Crippen LogP contribution in [0.2, 0.25) is 0 Å². The average Bonchev–Trinajstić information content (AvgIpc) is 3.10. The van der Waals surface area contributed by atoms with Crippen molar-refractivity contribution in [1.82, 2.24) is 14.3 Å². The fourth-order valence-corrected chi connectivity index (χ4v) is 4.25. The van der Waals surface area contributed by atoms with Crippen molar-refractivity contribution in [2.24, 2.45) is 7.05 Å². The molecule has 11 heteroatoms. The molecule has 4 rings (SSSR count). The van der Waals surface area contributed by atoms with E-state index >= 15 is 0 Å². The maximum Gasteiger partial charge on any atom is 0.274 e. The van der Waals surface area contributed by atoms with Crippen LogP contribution in [-0.4, -0.2) is 20.3 Å². The fraction of sp³-hybridized carbons (Fsp3) is 0.409. The first kappa shape index (κ1) is 22.9. The van der Waals surface area contributed by atoms with Crippen LogP contribution in [0.5, 0.6) is 0 Å². The number of hydrogen-bond donors (Lipinski definition) is 1. The largest absolute Gasteiger partial charge is 0.361 e. The first-order valence-electron chi connectivity index (χ1n) is 10.3. The van der Waals surface area contributed by atoms with Gasteiger partial charge in [-0.2, -0.15) is 5.10 Å². The molecule has 1 saturated carbocycles. The quantitative estimate of drug-likeness (QED) is 0.551. The van der Waals surface area contributed by atoms with Crippen molar-refractivity contribution in [3.05, 3.63) is 68.1 Å². The van der Waals surface area contributed by atoms with Crippen LogP contribution < -0.4 is 16.4 Å². The van der Waals surface area contributed by atoms with Crippen molar-refractivity contribution in [3.8, 4) is 0 Å². The minimum atomic E-state index is -2.99. The Morgan fingerprint density at radius 3 is 2.52 bits per heavy atom. The van der Waals surface area contributed by atoms with E-state index in [1.807, 2.05) is 0 Å². The van der Waals surface area contributed by atoms with E-state index in [-0.39, 0.29) is 35.0 Å². The third-order valence-corrected chi connectivity index (χ3v) is 5.99. The van der Waals surface area contributed by atoms with Crippen molar-refractivity contribution in [2.75, 3.05) is 5.32 Å². The molecule has 2 atom stereocenters. The molecule has 0 aliphatic heterocycles. The van der Waals surface area contributed by atoms with E-state index in [9.17, 15) is 31.5 Å². The highest BCUT2D eigenvalue weighted by Gasteiger charge is 2.40. The lowest BCUT2D eigenvalue weighted by molar-refractivity contribution is 0.00553. The van der Waals surface area contributed by atoms with Gasteiger partial charge in [0.2, 0.25) is 5.92 Å². The lowest BCUT2D eigenvalue weighted by atomic mass is 10.0. The fourth-order valence-electron chi connectivity index (χ4n) is 4.25. The maximum atomic E-state index is 14.6. The third-order valence-electron chi connectivity index (χ3n) is 5.99. The Labute approximate surface area is 184 Å². The van der Waals surface area contributed by atoms with Crippen LogP contribution in [0.1, 0.15) is 55.8 Å². The smallest absolute Gasteiger partial charge is 0.274 e. The van der Waals surface area contributed by atoms with Crippen LogP contribution in [0.4, 0.5) is 27.8 Å². The van der Waals surface area contributed by atoms with Gasteiger partial charge in [0.1, 0.15) is 5.82 Å². The number of aryl methyl sites for hydroxylation is 1. The SMILES string of the molecule is CC(Nc1nn(C)c(=O)c2cc(=O)n(C3CCC(F)(F)C3)cc12)c1cccc(C(F)F)c1F. The summed E-state index contributed by atoms with van der Waals surface area (Å²) in [6.45, 7) is 1.53. The van der Waals surface area contributed by atoms with Crippen molar-refractivity contribution in [1.29, 1.82) is 0 Å². The Balaban J connectivity index is 1.80. The van der Waals surface area contributed by atoms with Gasteiger partial charge in [0, 0.05) is 49.1 Å². The van der Waals surface area contributed by atoms with Crippen LogP contribution in [0.3, 0.4) is 0 Å². The van der Waals surface area contributed by atoms with E-state index in [4.69, 9.17) is 0 Å². The monoisotopic (exact) mass is 468 g/mol. The summed E-state index contributed by atoms with van der Waals surface area (Å²) in [7, 11) is 1.36. The number of alkyl halides is 4. The van der Waals surface area contributed by atoms with Gasteiger partial charge >= 0.3 is 0 Å². The average molecular weight is 468 g/mol. The molecular formula is C22H21F5N4O2. The molecule has 33 heavy (non-hydrogen) atoms. The highest BCUT2D eigenvalue weighted by Crippen LogP contribution is 2.41. The third kappa shape index (κ3) is 4.23. The molecule has 2 aromatic heterocycles. The highest BCUT2D eigenvalue weighted by molar-refractivity contribution is 5.90. The number of fused-ring (bicyclic) bond motifs is 1. The normalized spacial score (nSPS) is 18.7. The molecule has 176 valence electrons. The molecule has 1 aliphatic rings. The van der Waals surface area contributed by atoms with Crippen LogP contribution in [0.15, 0.2) is 40.1 Å². The lowest BCUT2D eigenvalue weighted by Gasteiger charge is -2.20. The summed E-state index contributed by atoms with van der Waals surface area (Å²) in [6.07, 6.45) is -2.44. The van der Waals surface area contributed by atoms with E-state index in [0.717, 1.165) is 21.4 Å². The van der Waals surface area contributed by atoms with Gasteiger partial charge < -0.3 is 9.88 Å². The molecule has 1 aromatic carbocycles. The maximum absolute atomic E-state index is 14.6.